The number of hydrogen-bond acceptors (Lipinski definition) is 2. The molecule has 4 saturated carbocycles. The van der Waals surface area contributed by atoms with Crippen LogP contribution in [0.1, 0.15) is 44.3 Å². The molecule has 5 rings (SSSR count). The molecule has 0 atom stereocenters. The zero-order valence-corrected chi connectivity index (χ0v) is 11.7. The van der Waals surface area contributed by atoms with E-state index in [0.717, 1.165) is 23.6 Å². The molecule has 1 heterocycles. The van der Waals surface area contributed by atoms with Gasteiger partial charge in [0.05, 0.1) is 6.54 Å². The normalized spacial score (nSPS) is 37.9. The second kappa shape index (κ2) is 4.50. The van der Waals surface area contributed by atoms with Crippen molar-refractivity contribution in [2.24, 2.45) is 17.8 Å². The number of hydrogen-bond donors (Lipinski definition) is 3. The van der Waals surface area contributed by atoms with Crippen LogP contribution in [0.15, 0.2) is 12.4 Å². The molecule has 4 aliphatic rings. The summed E-state index contributed by atoms with van der Waals surface area (Å²) < 4.78 is 0. The number of rotatable bonds is 3. The first-order valence-corrected chi connectivity index (χ1v) is 7.75. The van der Waals surface area contributed by atoms with Gasteiger partial charge in [-0.1, -0.05) is 0 Å². The molecule has 0 spiro atoms. The van der Waals surface area contributed by atoms with E-state index >= 15 is 0 Å². The molecule has 4 fully saturated rings. The van der Waals surface area contributed by atoms with E-state index in [1.807, 2.05) is 0 Å². The monoisotopic (exact) mass is 274 g/mol. The number of nitrogens with zero attached hydrogens (tertiary/aromatic N) is 1. The fraction of sp³-hybridized carbons (Fsp3) is 0.733. The van der Waals surface area contributed by atoms with Crippen molar-refractivity contribution in [1.82, 2.24) is 20.6 Å². The van der Waals surface area contributed by atoms with Crippen LogP contribution in [0, 0.1) is 17.8 Å². The zero-order chi connectivity index (χ0) is 13.6. The number of aromatic nitrogens is 2. The van der Waals surface area contributed by atoms with Crippen molar-refractivity contribution in [3.05, 3.63) is 18.2 Å². The topological polar surface area (TPSA) is 69.8 Å². The van der Waals surface area contributed by atoms with Gasteiger partial charge in [-0.3, -0.25) is 0 Å². The van der Waals surface area contributed by atoms with Gasteiger partial charge in [-0.25, -0.2) is 9.78 Å². The average molecular weight is 274 g/mol. The van der Waals surface area contributed by atoms with E-state index in [0.29, 0.717) is 6.54 Å². The molecule has 4 bridgehead atoms. The average Bonchev–Trinajstić information content (AvgIpc) is 2.87. The highest BCUT2D eigenvalue weighted by Crippen LogP contribution is 2.55. The van der Waals surface area contributed by atoms with Gasteiger partial charge >= 0.3 is 6.03 Å². The highest BCUT2D eigenvalue weighted by molar-refractivity contribution is 5.74. The van der Waals surface area contributed by atoms with Crippen LogP contribution in [0.3, 0.4) is 0 Å². The molecule has 3 N–H and O–H groups in total. The lowest BCUT2D eigenvalue weighted by Gasteiger charge is -2.56. The van der Waals surface area contributed by atoms with E-state index in [-0.39, 0.29) is 11.6 Å². The van der Waals surface area contributed by atoms with Crippen LogP contribution >= 0.6 is 0 Å². The number of nitrogens with one attached hydrogen (secondary N) is 3. The van der Waals surface area contributed by atoms with E-state index in [1.165, 1.54) is 38.5 Å². The van der Waals surface area contributed by atoms with E-state index in [1.54, 1.807) is 12.4 Å². The summed E-state index contributed by atoms with van der Waals surface area (Å²) in [6.45, 7) is 0.463. The minimum atomic E-state index is -0.0386. The fourth-order valence-electron chi connectivity index (χ4n) is 5.11. The summed E-state index contributed by atoms with van der Waals surface area (Å²) in [4.78, 5) is 19.3. The number of H-pyrrole nitrogens is 1. The third kappa shape index (κ3) is 2.19. The number of carbonyl (C=O) groups excluding carboxylic acids is 1. The fourth-order valence-corrected chi connectivity index (χ4v) is 5.11. The largest absolute Gasteiger partial charge is 0.347 e. The number of carbonyl (C=O) groups is 1. The SMILES string of the molecule is O=C(NCc1ncc[nH]1)NC12CC3CC(CC(C3)C1)C2. The Morgan fingerprint density at radius 3 is 2.45 bits per heavy atom. The maximum atomic E-state index is 12.2. The Hall–Kier alpha value is -1.52. The lowest BCUT2D eigenvalue weighted by molar-refractivity contribution is -0.0135. The van der Waals surface area contributed by atoms with Crippen molar-refractivity contribution >= 4 is 6.03 Å². The van der Waals surface area contributed by atoms with Crippen LogP contribution in [-0.2, 0) is 6.54 Å². The van der Waals surface area contributed by atoms with Gasteiger partial charge in [-0.2, -0.15) is 0 Å². The maximum Gasteiger partial charge on any atom is 0.315 e. The lowest BCUT2D eigenvalue weighted by Crippen LogP contribution is -2.61. The first-order chi connectivity index (χ1) is 9.71. The molecular formula is C15H22N4O. The molecule has 1 aromatic rings. The second-order valence-electron chi connectivity index (χ2n) is 7.04. The highest BCUT2D eigenvalue weighted by Gasteiger charge is 2.51. The Morgan fingerprint density at radius 2 is 1.90 bits per heavy atom. The van der Waals surface area contributed by atoms with Crippen LogP contribution in [0.5, 0.6) is 0 Å². The van der Waals surface area contributed by atoms with Crippen molar-refractivity contribution in [1.29, 1.82) is 0 Å². The second-order valence-corrected chi connectivity index (χ2v) is 7.04. The van der Waals surface area contributed by atoms with Crippen molar-refractivity contribution in [2.45, 2.75) is 50.6 Å². The minimum Gasteiger partial charge on any atom is -0.347 e. The summed E-state index contributed by atoms with van der Waals surface area (Å²) in [5, 5.41) is 6.21. The molecule has 108 valence electrons. The van der Waals surface area contributed by atoms with Crippen LogP contribution in [0.4, 0.5) is 4.79 Å². The molecule has 0 aromatic carbocycles. The van der Waals surface area contributed by atoms with Gasteiger partial charge in [-0.15, -0.1) is 0 Å². The minimum absolute atomic E-state index is 0.0386. The lowest BCUT2D eigenvalue weighted by atomic mass is 9.53. The maximum absolute atomic E-state index is 12.2. The Kier molecular flexibility index (Phi) is 2.75. The first kappa shape index (κ1) is 12.2. The quantitative estimate of drug-likeness (QED) is 0.790. The number of urea groups is 1. The number of amides is 2. The Labute approximate surface area is 118 Å². The van der Waals surface area contributed by atoms with E-state index in [4.69, 9.17) is 0 Å². The summed E-state index contributed by atoms with van der Waals surface area (Å²) in [6, 6.07) is -0.0386. The van der Waals surface area contributed by atoms with E-state index in [9.17, 15) is 4.79 Å². The predicted molar refractivity (Wildman–Crippen MR) is 74.9 cm³/mol. The molecule has 20 heavy (non-hydrogen) atoms. The van der Waals surface area contributed by atoms with Crippen LogP contribution < -0.4 is 10.6 Å². The highest BCUT2D eigenvalue weighted by atomic mass is 16.2. The molecule has 4 aliphatic carbocycles. The van der Waals surface area contributed by atoms with Crippen LogP contribution in [0.2, 0.25) is 0 Å². The molecule has 0 aliphatic heterocycles. The van der Waals surface area contributed by atoms with Gasteiger partial charge in [0.15, 0.2) is 0 Å². The van der Waals surface area contributed by atoms with Crippen LogP contribution in [-0.4, -0.2) is 21.5 Å². The Morgan fingerprint density at radius 1 is 1.25 bits per heavy atom. The first-order valence-electron chi connectivity index (χ1n) is 7.75. The van der Waals surface area contributed by atoms with Gasteiger partial charge in [0.2, 0.25) is 0 Å². The van der Waals surface area contributed by atoms with Crippen molar-refractivity contribution in [2.75, 3.05) is 0 Å². The molecule has 0 radical (unpaired) electrons. The Balaban J connectivity index is 1.37. The summed E-state index contributed by atoms with van der Waals surface area (Å²) in [6.07, 6.45) is 11.2. The van der Waals surface area contributed by atoms with Gasteiger partial charge in [0, 0.05) is 17.9 Å². The molecule has 5 heteroatoms. The summed E-state index contributed by atoms with van der Waals surface area (Å²) in [7, 11) is 0. The van der Waals surface area contributed by atoms with Gasteiger partial charge in [-0.05, 0) is 56.3 Å². The van der Waals surface area contributed by atoms with Crippen molar-refractivity contribution in [3.8, 4) is 0 Å². The van der Waals surface area contributed by atoms with Crippen molar-refractivity contribution < 1.29 is 4.79 Å². The summed E-state index contributed by atoms with van der Waals surface area (Å²) in [5.41, 5.74) is 0.0853. The van der Waals surface area contributed by atoms with Gasteiger partial charge in [0.1, 0.15) is 5.82 Å². The standard InChI is InChI=1S/C15H22N4O/c20-14(18-9-13-16-1-2-17-13)19-15-6-10-3-11(7-15)5-12(4-10)8-15/h1-2,10-12H,3-9H2,(H,16,17)(H2,18,19,20). The smallest absolute Gasteiger partial charge is 0.315 e. The predicted octanol–water partition coefficient (Wildman–Crippen LogP) is 2.18. The van der Waals surface area contributed by atoms with Crippen molar-refractivity contribution in [3.63, 3.8) is 0 Å². The molecule has 1 aromatic heterocycles. The molecule has 5 nitrogen and oxygen atoms in total. The third-order valence-electron chi connectivity index (χ3n) is 5.39. The van der Waals surface area contributed by atoms with Gasteiger partial charge < -0.3 is 15.6 Å². The third-order valence-corrected chi connectivity index (χ3v) is 5.39. The molecule has 0 saturated heterocycles. The molecular weight excluding hydrogens is 252 g/mol. The molecule has 0 unspecified atom stereocenters. The zero-order valence-electron chi connectivity index (χ0n) is 11.7. The molecule has 2 amide bonds. The van der Waals surface area contributed by atoms with E-state index < -0.39 is 0 Å². The van der Waals surface area contributed by atoms with Crippen LogP contribution in [0.25, 0.3) is 0 Å². The Bertz CT molecular complexity index is 461. The summed E-state index contributed by atoms with van der Waals surface area (Å²) >= 11 is 0. The summed E-state index contributed by atoms with van der Waals surface area (Å²) in [5.74, 6) is 3.36. The van der Waals surface area contributed by atoms with E-state index in [2.05, 4.69) is 20.6 Å². The van der Waals surface area contributed by atoms with Gasteiger partial charge in [0.25, 0.3) is 0 Å². The number of aromatic amines is 1. The number of imidazole rings is 1.